The highest BCUT2D eigenvalue weighted by atomic mass is 35.5. The molecule has 0 radical (unpaired) electrons. The van der Waals surface area contributed by atoms with E-state index < -0.39 is 0 Å². The van der Waals surface area contributed by atoms with Crippen LogP contribution in [0.25, 0.3) is 0 Å². The van der Waals surface area contributed by atoms with Crippen LogP contribution in [0.2, 0.25) is 5.02 Å². The first-order valence-electron chi connectivity index (χ1n) is 7.09. The summed E-state index contributed by atoms with van der Waals surface area (Å²) in [6.45, 7) is 6.35. The Kier molecular flexibility index (Phi) is 5.49. The van der Waals surface area contributed by atoms with Crippen molar-refractivity contribution < 1.29 is 5.11 Å². The molecule has 1 aromatic rings. The zero-order chi connectivity index (χ0) is 13.7. The number of piperidine rings is 1. The molecule has 0 amide bonds. The summed E-state index contributed by atoms with van der Waals surface area (Å²) in [5.41, 5.74) is 0.859. The lowest BCUT2D eigenvalue weighted by molar-refractivity contribution is 0.208. The second-order valence-electron chi connectivity index (χ2n) is 5.39. The summed E-state index contributed by atoms with van der Waals surface area (Å²) >= 11 is 5.90. The largest absolute Gasteiger partial charge is 0.506 e. The van der Waals surface area contributed by atoms with E-state index in [1.54, 1.807) is 6.07 Å². The Morgan fingerprint density at radius 1 is 1.32 bits per heavy atom. The lowest BCUT2D eigenvalue weighted by Crippen LogP contribution is -2.41. The van der Waals surface area contributed by atoms with Gasteiger partial charge in [-0.3, -0.25) is 0 Å². The smallest absolute Gasteiger partial charge is 0.138 e. The molecule has 0 aromatic heterocycles. The predicted octanol–water partition coefficient (Wildman–Crippen LogP) is 3.01. The van der Waals surface area contributed by atoms with Crippen molar-refractivity contribution >= 4 is 11.6 Å². The maximum absolute atomic E-state index is 9.85. The molecular formula is C15H23ClN2O. The van der Waals surface area contributed by atoms with Gasteiger partial charge in [-0.2, -0.15) is 0 Å². The summed E-state index contributed by atoms with van der Waals surface area (Å²) in [5, 5.41) is 13.7. The molecule has 1 saturated heterocycles. The molecule has 0 spiro atoms. The fourth-order valence-corrected chi connectivity index (χ4v) is 2.77. The Morgan fingerprint density at radius 2 is 2.05 bits per heavy atom. The summed E-state index contributed by atoms with van der Waals surface area (Å²) < 4.78 is 0. The van der Waals surface area contributed by atoms with E-state index in [9.17, 15) is 5.11 Å². The molecular weight excluding hydrogens is 260 g/mol. The number of likely N-dealkylation sites (tertiary alicyclic amines) is 1. The molecule has 1 fully saturated rings. The van der Waals surface area contributed by atoms with Gasteiger partial charge in [-0.1, -0.05) is 30.2 Å². The molecule has 4 heteroatoms. The number of hydrogen-bond acceptors (Lipinski definition) is 3. The Morgan fingerprint density at radius 3 is 2.79 bits per heavy atom. The zero-order valence-electron chi connectivity index (χ0n) is 11.5. The SMILES string of the molecule is CC(CN1CCCCC1)NCc1cccc(Cl)c1O. The van der Waals surface area contributed by atoms with Gasteiger partial charge < -0.3 is 15.3 Å². The minimum atomic E-state index is 0.196. The third kappa shape index (κ3) is 4.37. The van der Waals surface area contributed by atoms with Crippen LogP contribution < -0.4 is 5.32 Å². The molecule has 1 aliphatic heterocycles. The minimum Gasteiger partial charge on any atom is -0.506 e. The zero-order valence-corrected chi connectivity index (χ0v) is 12.3. The van der Waals surface area contributed by atoms with E-state index in [0.717, 1.165) is 12.1 Å². The molecule has 3 nitrogen and oxygen atoms in total. The number of para-hydroxylation sites is 1. The highest BCUT2D eigenvalue weighted by molar-refractivity contribution is 6.32. The van der Waals surface area contributed by atoms with Gasteiger partial charge in [0.25, 0.3) is 0 Å². The van der Waals surface area contributed by atoms with Gasteiger partial charge in [-0.05, 0) is 38.9 Å². The third-order valence-corrected chi connectivity index (χ3v) is 4.00. The maximum Gasteiger partial charge on any atom is 0.138 e. The highest BCUT2D eigenvalue weighted by Gasteiger charge is 2.13. The van der Waals surface area contributed by atoms with Gasteiger partial charge >= 0.3 is 0 Å². The van der Waals surface area contributed by atoms with Crippen molar-refractivity contribution in [1.29, 1.82) is 0 Å². The lowest BCUT2D eigenvalue weighted by Gasteiger charge is -2.29. The van der Waals surface area contributed by atoms with Gasteiger partial charge in [-0.15, -0.1) is 0 Å². The average molecular weight is 283 g/mol. The standard InChI is InChI=1S/C15H23ClN2O/c1-12(11-18-8-3-2-4-9-18)17-10-13-6-5-7-14(16)15(13)19/h5-7,12,17,19H,2-4,8-11H2,1H3. The Balaban J connectivity index is 1.79. The van der Waals surface area contributed by atoms with Crippen LogP contribution in [0.4, 0.5) is 0 Å². The van der Waals surface area contributed by atoms with Crippen LogP contribution in [0.15, 0.2) is 18.2 Å². The van der Waals surface area contributed by atoms with Gasteiger partial charge in [0.05, 0.1) is 5.02 Å². The summed E-state index contributed by atoms with van der Waals surface area (Å²) in [6, 6.07) is 5.89. The number of hydrogen-bond donors (Lipinski definition) is 2. The van der Waals surface area contributed by atoms with Crippen molar-refractivity contribution in [3.8, 4) is 5.75 Å². The summed E-state index contributed by atoms with van der Waals surface area (Å²) in [6.07, 6.45) is 4.01. The van der Waals surface area contributed by atoms with Crippen LogP contribution in [0.3, 0.4) is 0 Å². The molecule has 1 aliphatic rings. The molecule has 106 valence electrons. The lowest BCUT2D eigenvalue weighted by atomic mass is 10.1. The summed E-state index contributed by atoms with van der Waals surface area (Å²) in [4.78, 5) is 2.51. The van der Waals surface area contributed by atoms with Crippen LogP contribution in [-0.4, -0.2) is 35.7 Å². The maximum atomic E-state index is 9.85. The number of halogens is 1. The Bertz CT molecular complexity index is 405. The molecule has 0 bridgehead atoms. The van der Waals surface area contributed by atoms with E-state index >= 15 is 0 Å². The van der Waals surface area contributed by atoms with Crippen molar-refractivity contribution in [3.63, 3.8) is 0 Å². The fraction of sp³-hybridized carbons (Fsp3) is 0.600. The first-order chi connectivity index (χ1) is 9.16. The first kappa shape index (κ1) is 14.6. The number of nitrogens with one attached hydrogen (secondary N) is 1. The molecule has 0 saturated carbocycles. The van der Waals surface area contributed by atoms with Crippen molar-refractivity contribution in [2.45, 2.75) is 38.8 Å². The summed E-state index contributed by atoms with van der Waals surface area (Å²) in [5.74, 6) is 0.196. The van der Waals surface area contributed by atoms with Gasteiger partial charge in [0, 0.05) is 24.7 Å². The molecule has 2 rings (SSSR count). The van der Waals surface area contributed by atoms with Gasteiger partial charge in [0.15, 0.2) is 0 Å². The number of phenolic OH excluding ortho intramolecular Hbond substituents is 1. The van der Waals surface area contributed by atoms with Crippen LogP contribution >= 0.6 is 11.6 Å². The first-order valence-corrected chi connectivity index (χ1v) is 7.46. The van der Waals surface area contributed by atoms with Gasteiger partial charge in [-0.25, -0.2) is 0 Å². The van der Waals surface area contributed by atoms with E-state index in [2.05, 4.69) is 17.1 Å². The Labute approximate surface area is 120 Å². The average Bonchev–Trinajstić information content (AvgIpc) is 2.42. The molecule has 1 heterocycles. The van der Waals surface area contributed by atoms with Gasteiger partial charge in [0.1, 0.15) is 5.75 Å². The predicted molar refractivity (Wildman–Crippen MR) is 79.7 cm³/mol. The van der Waals surface area contributed by atoms with Crippen LogP contribution in [0, 0.1) is 0 Å². The van der Waals surface area contributed by atoms with Crippen molar-refractivity contribution in [1.82, 2.24) is 10.2 Å². The molecule has 2 N–H and O–H groups in total. The van der Waals surface area contributed by atoms with Crippen LogP contribution in [0.1, 0.15) is 31.7 Å². The van der Waals surface area contributed by atoms with E-state index in [1.165, 1.54) is 32.4 Å². The van der Waals surface area contributed by atoms with Crippen molar-refractivity contribution in [2.24, 2.45) is 0 Å². The fourth-order valence-electron chi connectivity index (χ4n) is 2.58. The number of benzene rings is 1. The quantitative estimate of drug-likeness (QED) is 0.871. The molecule has 0 aliphatic carbocycles. The van der Waals surface area contributed by atoms with Crippen LogP contribution in [0.5, 0.6) is 5.75 Å². The number of aromatic hydroxyl groups is 1. The van der Waals surface area contributed by atoms with E-state index in [-0.39, 0.29) is 5.75 Å². The molecule has 1 aromatic carbocycles. The number of phenols is 1. The number of rotatable bonds is 5. The second-order valence-corrected chi connectivity index (χ2v) is 5.80. The van der Waals surface area contributed by atoms with Crippen molar-refractivity contribution in [3.05, 3.63) is 28.8 Å². The minimum absolute atomic E-state index is 0.196. The van der Waals surface area contributed by atoms with Crippen LogP contribution in [-0.2, 0) is 6.54 Å². The third-order valence-electron chi connectivity index (χ3n) is 3.69. The molecule has 19 heavy (non-hydrogen) atoms. The highest BCUT2D eigenvalue weighted by Crippen LogP contribution is 2.26. The molecule has 1 atom stereocenters. The second kappa shape index (κ2) is 7.13. The number of nitrogens with zero attached hydrogens (tertiary/aromatic N) is 1. The summed E-state index contributed by atoms with van der Waals surface area (Å²) in [7, 11) is 0. The van der Waals surface area contributed by atoms with E-state index in [0.29, 0.717) is 17.6 Å². The van der Waals surface area contributed by atoms with E-state index in [1.807, 2.05) is 12.1 Å². The topological polar surface area (TPSA) is 35.5 Å². The van der Waals surface area contributed by atoms with E-state index in [4.69, 9.17) is 11.6 Å². The van der Waals surface area contributed by atoms with Crippen molar-refractivity contribution in [2.75, 3.05) is 19.6 Å². The normalized spacial score (nSPS) is 18.4. The monoisotopic (exact) mass is 282 g/mol. The van der Waals surface area contributed by atoms with Gasteiger partial charge in [0.2, 0.25) is 0 Å². The Hall–Kier alpha value is -0.770. The molecule has 1 unspecified atom stereocenters.